The summed E-state index contributed by atoms with van der Waals surface area (Å²) in [4.78, 5) is 9.10. The quantitative estimate of drug-likeness (QED) is 0.542. The lowest BCUT2D eigenvalue weighted by molar-refractivity contribution is 0.0885. The van der Waals surface area contributed by atoms with Crippen LogP contribution in [0, 0.1) is 28.6 Å². The van der Waals surface area contributed by atoms with E-state index < -0.39 is 5.54 Å². The van der Waals surface area contributed by atoms with Gasteiger partial charge >= 0.3 is 0 Å². The highest BCUT2D eigenvalue weighted by Gasteiger charge is 2.47. The summed E-state index contributed by atoms with van der Waals surface area (Å²) < 4.78 is 5.06. The van der Waals surface area contributed by atoms with Gasteiger partial charge in [-0.05, 0) is 12.8 Å². The molecule has 0 aromatic carbocycles. The van der Waals surface area contributed by atoms with Crippen LogP contribution >= 0.6 is 0 Å². The van der Waals surface area contributed by atoms with Gasteiger partial charge in [-0.2, -0.15) is 25.8 Å². The zero-order chi connectivity index (χ0) is 20.9. The number of hydrogen-bond donors (Lipinski definition) is 1. The van der Waals surface area contributed by atoms with E-state index in [-0.39, 0.29) is 18.2 Å². The zero-order valence-electron chi connectivity index (χ0n) is 16.1. The van der Waals surface area contributed by atoms with Gasteiger partial charge in [0, 0.05) is 25.0 Å². The number of rotatable bonds is 4. The molecule has 148 valence electrons. The van der Waals surface area contributed by atoms with Crippen LogP contribution in [0.3, 0.4) is 0 Å². The van der Waals surface area contributed by atoms with Gasteiger partial charge in [-0.3, -0.25) is 9.36 Å². The maximum absolute atomic E-state index is 9.31. The van der Waals surface area contributed by atoms with Crippen LogP contribution in [-0.2, 0) is 12.6 Å². The Morgan fingerprint density at radius 3 is 2.77 bits per heavy atom. The Balaban J connectivity index is 1.64. The molecule has 0 aliphatic heterocycles. The Hall–Kier alpha value is -4.25. The minimum Gasteiger partial charge on any atom is -0.382 e. The Kier molecular flexibility index (Phi) is 3.79. The van der Waals surface area contributed by atoms with E-state index in [1.807, 2.05) is 13.2 Å². The van der Waals surface area contributed by atoms with Gasteiger partial charge in [0.1, 0.15) is 12.0 Å². The number of anilines is 1. The minimum atomic E-state index is -0.521. The van der Waals surface area contributed by atoms with Crippen molar-refractivity contribution in [2.45, 2.75) is 24.8 Å². The third-order valence-electron chi connectivity index (χ3n) is 5.59. The molecule has 0 radical (unpaired) electrons. The van der Waals surface area contributed by atoms with Crippen LogP contribution in [0.15, 0.2) is 31.1 Å². The van der Waals surface area contributed by atoms with E-state index in [4.69, 9.17) is 10.7 Å². The smallest absolute Gasteiger partial charge is 0.181 e. The molecule has 4 aromatic heterocycles. The Labute approximate surface area is 171 Å². The van der Waals surface area contributed by atoms with Crippen LogP contribution < -0.4 is 5.73 Å². The lowest BCUT2D eigenvalue weighted by atomic mass is 9.67. The highest BCUT2D eigenvalue weighted by atomic mass is 15.3. The van der Waals surface area contributed by atoms with Gasteiger partial charge in [0.2, 0.25) is 0 Å². The van der Waals surface area contributed by atoms with Crippen LogP contribution in [0.4, 0.5) is 5.82 Å². The number of hydrogen-bond acceptors (Lipinski definition) is 8. The van der Waals surface area contributed by atoms with Gasteiger partial charge in [0.05, 0.1) is 53.7 Å². The first kappa shape index (κ1) is 17.8. The maximum atomic E-state index is 9.31. The normalized spacial score (nSPS) is 20.6. The number of nitrogens with zero attached hydrogens (tertiary/aromatic N) is 10. The molecule has 0 spiro atoms. The van der Waals surface area contributed by atoms with Crippen molar-refractivity contribution >= 4 is 11.5 Å². The van der Waals surface area contributed by atoms with E-state index >= 15 is 0 Å². The molecule has 0 unspecified atom stereocenters. The van der Waals surface area contributed by atoms with E-state index in [1.54, 1.807) is 32.5 Å². The predicted octanol–water partition coefficient (Wildman–Crippen LogP) is 1.51. The van der Waals surface area contributed by atoms with Crippen LogP contribution in [-0.4, -0.2) is 39.1 Å². The summed E-state index contributed by atoms with van der Waals surface area (Å²) in [6.45, 7) is 0. The molecule has 0 bridgehead atoms. The number of aromatic nitrogens is 8. The molecule has 2 N–H and O–H groups in total. The fraction of sp³-hybridized carbons (Fsp3) is 0.316. The summed E-state index contributed by atoms with van der Waals surface area (Å²) in [5.41, 5.74) is 8.95. The second-order valence-electron chi connectivity index (χ2n) is 7.57. The molecule has 1 fully saturated rings. The average molecular weight is 399 g/mol. The second-order valence-corrected chi connectivity index (χ2v) is 7.57. The zero-order valence-corrected chi connectivity index (χ0v) is 16.1. The van der Waals surface area contributed by atoms with Gasteiger partial charge in [-0.1, -0.05) is 0 Å². The molecule has 0 saturated heterocycles. The number of nitriles is 2. The molecule has 0 atom stereocenters. The molecule has 11 heteroatoms. The fourth-order valence-electron chi connectivity index (χ4n) is 4.02. The summed E-state index contributed by atoms with van der Waals surface area (Å²) in [6, 6.07) is 4.48. The average Bonchev–Trinajstić information content (AvgIpc) is 3.43. The third-order valence-corrected chi connectivity index (χ3v) is 5.59. The van der Waals surface area contributed by atoms with Crippen molar-refractivity contribution in [3.63, 3.8) is 0 Å². The molecule has 30 heavy (non-hydrogen) atoms. The third kappa shape index (κ3) is 2.60. The van der Waals surface area contributed by atoms with Gasteiger partial charge < -0.3 is 5.73 Å². The van der Waals surface area contributed by atoms with E-state index in [0.29, 0.717) is 35.4 Å². The fourth-order valence-corrected chi connectivity index (χ4v) is 4.02. The van der Waals surface area contributed by atoms with Crippen molar-refractivity contribution in [3.8, 4) is 34.7 Å². The largest absolute Gasteiger partial charge is 0.382 e. The summed E-state index contributed by atoms with van der Waals surface area (Å²) in [7, 11) is 1.84. The van der Waals surface area contributed by atoms with Crippen molar-refractivity contribution in [2.24, 2.45) is 13.0 Å². The van der Waals surface area contributed by atoms with Crippen molar-refractivity contribution in [2.75, 3.05) is 5.73 Å². The Morgan fingerprint density at radius 1 is 1.23 bits per heavy atom. The first-order valence-corrected chi connectivity index (χ1v) is 9.35. The molecule has 5 rings (SSSR count). The summed E-state index contributed by atoms with van der Waals surface area (Å²) in [6.07, 6.45) is 10.0. The SMILES string of the molecule is Cn1cc(-c2cn3ncnc3c(-c3cn(C4(CC#N)CC(C#N)C4)nc3N)n2)cn1. The predicted molar refractivity (Wildman–Crippen MR) is 105 cm³/mol. The number of nitrogen functional groups attached to an aromatic ring is 1. The summed E-state index contributed by atoms with van der Waals surface area (Å²) >= 11 is 0. The Bertz CT molecular complexity index is 1340. The Morgan fingerprint density at radius 2 is 2.07 bits per heavy atom. The number of nitrogens with two attached hydrogens (primary N) is 1. The second kappa shape index (κ2) is 6.39. The first-order chi connectivity index (χ1) is 14.5. The lowest BCUT2D eigenvalue weighted by Gasteiger charge is -2.43. The van der Waals surface area contributed by atoms with Crippen molar-refractivity contribution < 1.29 is 0 Å². The molecular formula is C19H17N11. The van der Waals surface area contributed by atoms with Crippen molar-refractivity contribution in [3.05, 3.63) is 31.1 Å². The number of aryl methyl sites for hydroxylation is 1. The molecule has 4 aromatic rings. The summed E-state index contributed by atoms with van der Waals surface area (Å²) in [5.74, 6) is 0.205. The van der Waals surface area contributed by atoms with E-state index in [1.165, 1.54) is 6.33 Å². The topological polar surface area (TPSA) is 152 Å². The van der Waals surface area contributed by atoms with Gasteiger partial charge in [-0.25, -0.2) is 14.5 Å². The molecule has 1 aliphatic rings. The monoisotopic (exact) mass is 399 g/mol. The van der Waals surface area contributed by atoms with E-state index in [2.05, 4.69) is 32.4 Å². The highest BCUT2D eigenvalue weighted by molar-refractivity contribution is 5.81. The van der Waals surface area contributed by atoms with Crippen LogP contribution in [0.25, 0.3) is 28.2 Å². The van der Waals surface area contributed by atoms with E-state index in [9.17, 15) is 10.5 Å². The number of fused-ring (bicyclic) bond motifs is 1. The van der Waals surface area contributed by atoms with Crippen LogP contribution in [0.1, 0.15) is 19.3 Å². The van der Waals surface area contributed by atoms with Crippen molar-refractivity contribution in [1.82, 2.24) is 39.1 Å². The first-order valence-electron chi connectivity index (χ1n) is 9.35. The highest BCUT2D eigenvalue weighted by Crippen LogP contribution is 2.46. The molecule has 1 aliphatic carbocycles. The van der Waals surface area contributed by atoms with Crippen LogP contribution in [0.5, 0.6) is 0 Å². The molecule has 4 heterocycles. The molecular weight excluding hydrogens is 382 g/mol. The van der Waals surface area contributed by atoms with Gasteiger partial charge in [-0.15, -0.1) is 0 Å². The standard InChI is InChI=1S/C19H17N11/c1-28-8-13(7-24-28)15-10-29-18(23-11-25-29)16(26-15)14-9-30(27-17(14)22)19(2-3-20)4-12(5-19)6-21/h7-12H,2,4-5H2,1H3,(H2,22,27). The molecule has 0 amide bonds. The van der Waals surface area contributed by atoms with Gasteiger partial charge in [0.25, 0.3) is 0 Å². The summed E-state index contributed by atoms with van der Waals surface area (Å²) in [5, 5.41) is 31.4. The van der Waals surface area contributed by atoms with Crippen molar-refractivity contribution in [1.29, 1.82) is 10.5 Å². The molecule has 1 saturated carbocycles. The molecule has 11 nitrogen and oxygen atoms in total. The lowest BCUT2D eigenvalue weighted by Crippen LogP contribution is -2.46. The minimum absolute atomic E-state index is 0.0811. The maximum Gasteiger partial charge on any atom is 0.181 e. The van der Waals surface area contributed by atoms with E-state index in [0.717, 1.165) is 5.56 Å². The van der Waals surface area contributed by atoms with Gasteiger partial charge in [0.15, 0.2) is 11.5 Å². The van der Waals surface area contributed by atoms with Crippen LogP contribution in [0.2, 0.25) is 0 Å².